The fourth-order valence-electron chi connectivity index (χ4n) is 0.670. The van der Waals surface area contributed by atoms with E-state index in [0.717, 1.165) is 0 Å². The van der Waals surface area contributed by atoms with Gasteiger partial charge in [0.2, 0.25) is 10.0 Å². The minimum absolute atomic E-state index is 0.0730. The van der Waals surface area contributed by atoms with Gasteiger partial charge in [-0.25, -0.2) is 17.9 Å². The molecule has 8 heteroatoms. The second kappa shape index (κ2) is 6.21. The lowest BCUT2D eigenvalue weighted by molar-refractivity contribution is 0.217. The van der Waals surface area contributed by atoms with Gasteiger partial charge in [0.25, 0.3) is 0 Å². The van der Waals surface area contributed by atoms with E-state index in [-0.39, 0.29) is 19.1 Å². The minimum atomic E-state index is -3.53. The lowest BCUT2D eigenvalue weighted by Crippen LogP contribution is -2.40. The van der Waals surface area contributed by atoms with Gasteiger partial charge in [0, 0.05) is 27.2 Å². The molecule has 0 saturated carbocycles. The van der Waals surface area contributed by atoms with Gasteiger partial charge in [0.05, 0.1) is 6.07 Å². The lowest BCUT2D eigenvalue weighted by atomic mass is 10.6. The first kappa shape index (κ1) is 13.7. The Bertz CT molecular complexity index is 344. The van der Waals surface area contributed by atoms with Gasteiger partial charge in [0.1, 0.15) is 0 Å². The molecule has 7 nitrogen and oxygen atoms in total. The number of carbonyl (C=O) groups is 1. The van der Waals surface area contributed by atoms with E-state index in [1.165, 1.54) is 11.0 Å². The van der Waals surface area contributed by atoms with Crippen LogP contribution in [0, 0.1) is 11.3 Å². The van der Waals surface area contributed by atoms with Gasteiger partial charge in [-0.2, -0.15) is 5.26 Å². The molecule has 86 valence electrons. The van der Waals surface area contributed by atoms with Crippen LogP contribution in [-0.4, -0.2) is 52.3 Å². The van der Waals surface area contributed by atoms with Gasteiger partial charge in [-0.15, -0.1) is 0 Å². The molecule has 0 fully saturated rings. The third kappa shape index (κ3) is 6.70. The number of sulfonamides is 1. The van der Waals surface area contributed by atoms with Crippen molar-refractivity contribution >= 4 is 16.1 Å². The predicted octanol–water partition coefficient (Wildman–Crippen LogP) is -1.30. The third-order valence-corrected chi connectivity index (χ3v) is 2.54. The Morgan fingerprint density at radius 3 is 2.47 bits per heavy atom. The summed E-state index contributed by atoms with van der Waals surface area (Å²) in [6, 6.07) is 1.23. The summed E-state index contributed by atoms with van der Waals surface area (Å²) in [5.74, 6) is -0.575. The average molecular weight is 234 g/mol. The molecule has 0 aromatic rings. The topological polar surface area (TPSA) is 102 Å². The number of hydrogen-bond acceptors (Lipinski definition) is 4. The maximum absolute atomic E-state index is 11.0. The van der Waals surface area contributed by atoms with E-state index in [0.29, 0.717) is 0 Å². The Balaban J connectivity index is 3.74. The van der Waals surface area contributed by atoms with Crippen molar-refractivity contribution in [3.63, 3.8) is 0 Å². The van der Waals surface area contributed by atoms with E-state index >= 15 is 0 Å². The zero-order valence-electron chi connectivity index (χ0n) is 8.65. The highest BCUT2D eigenvalue weighted by molar-refractivity contribution is 7.89. The van der Waals surface area contributed by atoms with E-state index in [1.807, 2.05) is 0 Å². The summed E-state index contributed by atoms with van der Waals surface area (Å²) < 4.78 is 24.1. The highest BCUT2D eigenvalue weighted by atomic mass is 32.2. The molecule has 0 atom stereocenters. The van der Waals surface area contributed by atoms with Crippen molar-refractivity contribution in [3.8, 4) is 6.07 Å². The first-order valence-electron chi connectivity index (χ1n) is 4.18. The SMILES string of the molecule is CN(C)C(=O)NCCNS(=O)(=O)CC#N. The number of hydrogen-bond donors (Lipinski definition) is 2. The number of nitriles is 1. The van der Waals surface area contributed by atoms with Gasteiger partial charge in [-0.3, -0.25) is 0 Å². The first-order valence-corrected chi connectivity index (χ1v) is 5.83. The van der Waals surface area contributed by atoms with E-state index in [1.54, 1.807) is 14.1 Å². The molecule has 0 spiro atoms. The van der Waals surface area contributed by atoms with E-state index in [4.69, 9.17) is 5.26 Å². The van der Waals surface area contributed by atoms with Crippen LogP contribution in [0.15, 0.2) is 0 Å². The Labute approximate surface area is 89.1 Å². The van der Waals surface area contributed by atoms with Crippen molar-refractivity contribution in [2.75, 3.05) is 32.9 Å². The van der Waals surface area contributed by atoms with Crippen LogP contribution in [0.4, 0.5) is 4.79 Å². The largest absolute Gasteiger partial charge is 0.337 e. The van der Waals surface area contributed by atoms with Crippen molar-refractivity contribution in [1.29, 1.82) is 5.26 Å². The molecular formula is C7H14N4O3S. The summed E-state index contributed by atoms with van der Waals surface area (Å²) in [6.45, 7) is 0.255. The number of urea groups is 1. The fourth-order valence-corrected chi connectivity index (χ4v) is 1.36. The molecule has 0 aliphatic heterocycles. The average Bonchev–Trinajstić information content (AvgIpc) is 2.11. The molecule has 0 aromatic carbocycles. The number of amides is 2. The van der Waals surface area contributed by atoms with Crippen LogP contribution in [0.25, 0.3) is 0 Å². The summed E-state index contributed by atoms with van der Waals surface area (Å²) in [5, 5.41) is 10.6. The van der Waals surface area contributed by atoms with E-state index in [9.17, 15) is 13.2 Å². The monoisotopic (exact) mass is 234 g/mol. The van der Waals surface area contributed by atoms with Crippen LogP contribution in [0.3, 0.4) is 0 Å². The highest BCUT2D eigenvalue weighted by Crippen LogP contribution is 1.81. The van der Waals surface area contributed by atoms with Crippen LogP contribution in [0.2, 0.25) is 0 Å². The molecule has 0 aliphatic carbocycles. The van der Waals surface area contributed by atoms with Crippen molar-refractivity contribution in [3.05, 3.63) is 0 Å². The van der Waals surface area contributed by atoms with Crippen LogP contribution in [-0.2, 0) is 10.0 Å². The van der Waals surface area contributed by atoms with Crippen LogP contribution < -0.4 is 10.0 Å². The van der Waals surface area contributed by atoms with Crippen molar-refractivity contribution < 1.29 is 13.2 Å². The summed E-state index contributed by atoms with van der Waals surface area (Å²) in [4.78, 5) is 12.3. The molecule has 0 unspecified atom stereocenters. The normalized spacial score (nSPS) is 10.5. The van der Waals surface area contributed by atoms with Gasteiger partial charge in [-0.1, -0.05) is 0 Å². The second-order valence-corrected chi connectivity index (χ2v) is 4.74. The van der Waals surface area contributed by atoms with Crippen molar-refractivity contribution in [2.45, 2.75) is 0 Å². The lowest BCUT2D eigenvalue weighted by Gasteiger charge is -2.11. The molecule has 0 bridgehead atoms. The van der Waals surface area contributed by atoms with Crippen LogP contribution >= 0.6 is 0 Å². The molecule has 0 aromatic heterocycles. The molecular weight excluding hydrogens is 220 g/mol. The smallest absolute Gasteiger partial charge is 0.316 e. The molecule has 0 aliphatic rings. The summed E-state index contributed by atoms with van der Waals surface area (Å²) in [6.07, 6.45) is 0. The van der Waals surface area contributed by atoms with Crippen molar-refractivity contribution in [1.82, 2.24) is 14.9 Å². The zero-order chi connectivity index (χ0) is 11.9. The fraction of sp³-hybridized carbons (Fsp3) is 0.714. The predicted molar refractivity (Wildman–Crippen MR) is 54.5 cm³/mol. The molecule has 2 N–H and O–H groups in total. The zero-order valence-corrected chi connectivity index (χ0v) is 9.47. The van der Waals surface area contributed by atoms with Crippen LogP contribution in [0.1, 0.15) is 0 Å². The minimum Gasteiger partial charge on any atom is -0.337 e. The second-order valence-electron chi connectivity index (χ2n) is 2.94. The van der Waals surface area contributed by atoms with Gasteiger partial charge >= 0.3 is 6.03 Å². The quantitative estimate of drug-likeness (QED) is 0.577. The van der Waals surface area contributed by atoms with E-state index < -0.39 is 15.8 Å². The highest BCUT2D eigenvalue weighted by Gasteiger charge is 2.08. The Kier molecular flexibility index (Phi) is 5.66. The summed E-state index contributed by atoms with van der Waals surface area (Å²) in [7, 11) is -0.369. The molecule has 2 amide bonds. The van der Waals surface area contributed by atoms with Gasteiger partial charge < -0.3 is 10.2 Å². The molecule has 0 rings (SSSR count). The summed E-state index contributed by atoms with van der Waals surface area (Å²) >= 11 is 0. The van der Waals surface area contributed by atoms with Crippen molar-refractivity contribution in [2.24, 2.45) is 0 Å². The number of carbonyl (C=O) groups excluding carboxylic acids is 1. The number of rotatable bonds is 5. The first-order chi connectivity index (χ1) is 6.89. The van der Waals surface area contributed by atoms with E-state index in [2.05, 4.69) is 10.0 Å². The Morgan fingerprint density at radius 2 is 2.00 bits per heavy atom. The maximum Gasteiger partial charge on any atom is 0.316 e. The molecule has 15 heavy (non-hydrogen) atoms. The number of nitrogens with one attached hydrogen (secondary N) is 2. The standard InChI is InChI=1S/C7H14N4O3S/c1-11(2)7(12)9-4-5-10-15(13,14)6-3-8/h10H,4-6H2,1-2H3,(H,9,12). The van der Waals surface area contributed by atoms with Gasteiger partial charge in [0.15, 0.2) is 5.75 Å². The number of nitrogens with zero attached hydrogens (tertiary/aromatic N) is 2. The molecule has 0 heterocycles. The molecule has 0 radical (unpaired) electrons. The Hall–Kier alpha value is -1.33. The third-order valence-electron chi connectivity index (χ3n) is 1.38. The molecule has 0 saturated heterocycles. The van der Waals surface area contributed by atoms with Crippen LogP contribution in [0.5, 0.6) is 0 Å². The van der Waals surface area contributed by atoms with Gasteiger partial charge in [-0.05, 0) is 0 Å². The Morgan fingerprint density at radius 1 is 1.40 bits per heavy atom. The maximum atomic E-state index is 11.0. The summed E-state index contributed by atoms with van der Waals surface area (Å²) in [5.41, 5.74) is 0.